The number of thiophene rings is 1. The van der Waals surface area contributed by atoms with Crippen LogP contribution in [-0.4, -0.2) is 18.0 Å². The molecule has 0 spiro atoms. The molecule has 2 N–H and O–H groups in total. The van der Waals surface area contributed by atoms with Crippen LogP contribution in [0.25, 0.3) is 21.2 Å². The molecule has 2 aromatic heterocycles. The van der Waals surface area contributed by atoms with Crippen LogP contribution in [-0.2, 0) is 6.42 Å². The second-order valence-electron chi connectivity index (χ2n) is 5.27. The van der Waals surface area contributed by atoms with Crippen LogP contribution in [0.5, 0.6) is 5.88 Å². The standard InChI is InChI=1S/C18H18N2O2S/c1-3-7-12-15-13(23-16(12)17(19)21)10-20-18(22-2)14(15)11-8-5-4-6-9-11/h4-6,8-10H,3,7H2,1-2H3,(H2,19,21). The van der Waals surface area contributed by atoms with Gasteiger partial charge in [-0.15, -0.1) is 11.3 Å². The minimum absolute atomic E-state index is 0.382. The Morgan fingerprint density at radius 1 is 1.30 bits per heavy atom. The molecule has 0 atom stereocenters. The number of benzene rings is 1. The van der Waals surface area contributed by atoms with E-state index < -0.39 is 0 Å². The summed E-state index contributed by atoms with van der Waals surface area (Å²) in [6, 6.07) is 9.98. The molecule has 0 bridgehead atoms. The maximum atomic E-state index is 11.8. The van der Waals surface area contributed by atoms with Gasteiger partial charge in [0.1, 0.15) is 0 Å². The number of carbonyl (C=O) groups excluding carboxylic acids is 1. The molecule has 0 saturated heterocycles. The zero-order valence-electron chi connectivity index (χ0n) is 13.1. The fraction of sp³-hybridized carbons (Fsp3) is 0.222. The molecular weight excluding hydrogens is 308 g/mol. The Balaban J connectivity index is 2.42. The third-order valence-electron chi connectivity index (χ3n) is 3.78. The highest BCUT2D eigenvalue weighted by Crippen LogP contribution is 2.42. The summed E-state index contributed by atoms with van der Waals surface area (Å²) in [5.41, 5.74) is 8.54. The van der Waals surface area contributed by atoms with E-state index >= 15 is 0 Å². The molecule has 3 rings (SSSR count). The fourth-order valence-corrected chi connectivity index (χ4v) is 3.93. The van der Waals surface area contributed by atoms with Gasteiger partial charge in [0, 0.05) is 11.6 Å². The van der Waals surface area contributed by atoms with Crippen molar-refractivity contribution < 1.29 is 9.53 Å². The van der Waals surface area contributed by atoms with Crippen LogP contribution in [0.3, 0.4) is 0 Å². The van der Waals surface area contributed by atoms with Crippen LogP contribution in [0.2, 0.25) is 0 Å². The first-order valence-corrected chi connectivity index (χ1v) is 8.32. The quantitative estimate of drug-likeness (QED) is 0.770. The van der Waals surface area contributed by atoms with Gasteiger partial charge in [-0.25, -0.2) is 4.98 Å². The Bertz CT molecular complexity index is 856. The third kappa shape index (κ3) is 2.68. The van der Waals surface area contributed by atoms with E-state index in [2.05, 4.69) is 11.9 Å². The number of nitrogens with zero attached hydrogens (tertiary/aromatic N) is 1. The minimum Gasteiger partial charge on any atom is -0.481 e. The van der Waals surface area contributed by atoms with Crippen molar-refractivity contribution in [3.8, 4) is 17.0 Å². The van der Waals surface area contributed by atoms with Crippen molar-refractivity contribution in [3.05, 3.63) is 47.0 Å². The molecule has 0 unspecified atom stereocenters. The van der Waals surface area contributed by atoms with Gasteiger partial charge in [0.05, 0.1) is 22.3 Å². The summed E-state index contributed by atoms with van der Waals surface area (Å²) >= 11 is 1.41. The van der Waals surface area contributed by atoms with Crippen LogP contribution < -0.4 is 10.5 Å². The molecule has 23 heavy (non-hydrogen) atoms. The monoisotopic (exact) mass is 326 g/mol. The number of carbonyl (C=O) groups is 1. The number of aromatic nitrogens is 1. The van der Waals surface area contributed by atoms with Crippen LogP contribution in [0.4, 0.5) is 0 Å². The van der Waals surface area contributed by atoms with Crippen molar-refractivity contribution in [1.82, 2.24) is 4.98 Å². The molecule has 0 aliphatic rings. The summed E-state index contributed by atoms with van der Waals surface area (Å²) in [4.78, 5) is 16.9. The summed E-state index contributed by atoms with van der Waals surface area (Å²) in [7, 11) is 1.61. The predicted octanol–water partition coefficient (Wildman–Crippen LogP) is 4.02. The molecule has 0 aliphatic heterocycles. The third-order valence-corrected chi connectivity index (χ3v) is 4.96. The molecule has 118 valence electrons. The largest absolute Gasteiger partial charge is 0.481 e. The van der Waals surface area contributed by atoms with Crippen LogP contribution in [0.1, 0.15) is 28.6 Å². The van der Waals surface area contributed by atoms with Gasteiger partial charge in [0.15, 0.2) is 0 Å². The molecular formula is C18H18N2O2S. The number of primary amides is 1. The van der Waals surface area contributed by atoms with E-state index in [1.165, 1.54) is 11.3 Å². The average molecular weight is 326 g/mol. The van der Waals surface area contributed by atoms with Gasteiger partial charge < -0.3 is 10.5 Å². The van der Waals surface area contributed by atoms with Gasteiger partial charge in [0.25, 0.3) is 5.91 Å². The number of aryl methyl sites for hydroxylation is 1. The lowest BCUT2D eigenvalue weighted by molar-refractivity contribution is 0.100. The first-order valence-electron chi connectivity index (χ1n) is 7.51. The zero-order chi connectivity index (χ0) is 16.4. The normalized spacial score (nSPS) is 10.9. The first-order chi connectivity index (χ1) is 11.2. The van der Waals surface area contributed by atoms with Crippen molar-refractivity contribution in [1.29, 1.82) is 0 Å². The second kappa shape index (κ2) is 6.38. The molecule has 4 nitrogen and oxygen atoms in total. The Kier molecular flexibility index (Phi) is 4.30. The van der Waals surface area contributed by atoms with Crippen molar-refractivity contribution in [2.45, 2.75) is 19.8 Å². The van der Waals surface area contributed by atoms with E-state index in [9.17, 15) is 4.79 Å². The van der Waals surface area contributed by atoms with E-state index in [0.717, 1.165) is 39.6 Å². The molecule has 0 aliphatic carbocycles. The van der Waals surface area contributed by atoms with Crippen molar-refractivity contribution in [3.63, 3.8) is 0 Å². The lowest BCUT2D eigenvalue weighted by Gasteiger charge is -2.11. The number of methoxy groups -OCH3 is 1. The lowest BCUT2D eigenvalue weighted by Crippen LogP contribution is -2.11. The maximum Gasteiger partial charge on any atom is 0.259 e. The summed E-state index contributed by atoms with van der Waals surface area (Å²) in [5.74, 6) is 0.183. The highest BCUT2D eigenvalue weighted by Gasteiger charge is 2.22. The van der Waals surface area contributed by atoms with E-state index in [0.29, 0.717) is 10.8 Å². The van der Waals surface area contributed by atoms with Gasteiger partial charge in [-0.2, -0.15) is 0 Å². The van der Waals surface area contributed by atoms with Crippen molar-refractivity contribution in [2.24, 2.45) is 5.73 Å². The molecule has 2 heterocycles. The minimum atomic E-state index is -0.382. The van der Waals surface area contributed by atoms with Crippen LogP contribution >= 0.6 is 11.3 Å². The SMILES string of the molecule is CCCc1c(C(N)=O)sc2cnc(OC)c(-c3ccccc3)c12. The van der Waals surface area contributed by atoms with Gasteiger partial charge >= 0.3 is 0 Å². The van der Waals surface area contributed by atoms with E-state index in [-0.39, 0.29) is 5.91 Å². The Labute approximate surface area is 138 Å². The molecule has 0 saturated carbocycles. The average Bonchev–Trinajstić information content (AvgIpc) is 2.94. The van der Waals surface area contributed by atoms with E-state index in [1.807, 2.05) is 30.3 Å². The number of hydrogen-bond acceptors (Lipinski definition) is 4. The zero-order valence-corrected chi connectivity index (χ0v) is 13.9. The number of hydrogen-bond donors (Lipinski definition) is 1. The van der Waals surface area contributed by atoms with Gasteiger partial charge in [-0.05, 0) is 17.5 Å². The number of fused-ring (bicyclic) bond motifs is 1. The predicted molar refractivity (Wildman–Crippen MR) is 94.1 cm³/mol. The van der Waals surface area contributed by atoms with Gasteiger partial charge in [-0.3, -0.25) is 4.79 Å². The summed E-state index contributed by atoms with van der Waals surface area (Å²) in [6.07, 6.45) is 3.49. The molecule has 1 amide bonds. The number of rotatable bonds is 5. The number of amides is 1. The lowest BCUT2D eigenvalue weighted by atomic mass is 9.97. The maximum absolute atomic E-state index is 11.8. The summed E-state index contributed by atoms with van der Waals surface area (Å²) in [6.45, 7) is 2.09. The molecule has 3 aromatic rings. The van der Waals surface area contributed by atoms with E-state index in [4.69, 9.17) is 10.5 Å². The number of pyridine rings is 1. The van der Waals surface area contributed by atoms with Crippen LogP contribution in [0.15, 0.2) is 36.5 Å². The summed E-state index contributed by atoms with van der Waals surface area (Å²) in [5, 5.41) is 1.03. The molecule has 1 aromatic carbocycles. The highest BCUT2D eigenvalue weighted by atomic mass is 32.1. The van der Waals surface area contributed by atoms with Gasteiger partial charge in [-0.1, -0.05) is 43.7 Å². The van der Waals surface area contributed by atoms with Gasteiger partial charge in [0.2, 0.25) is 5.88 Å². The van der Waals surface area contributed by atoms with Crippen LogP contribution in [0, 0.1) is 0 Å². The number of nitrogens with two attached hydrogens (primary N) is 1. The molecule has 0 fully saturated rings. The Morgan fingerprint density at radius 2 is 2.04 bits per heavy atom. The smallest absolute Gasteiger partial charge is 0.259 e. The van der Waals surface area contributed by atoms with Crippen molar-refractivity contribution >= 4 is 27.3 Å². The topological polar surface area (TPSA) is 65.2 Å². The highest BCUT2D eigenvalue weighted by molar-refractivity contribution is 7.21. The van der Waals surface area contributed by atoms with Crippen molar-refractivity contribution in [2.75, 3.05) is 7.11 Å². The Hall–Kier alpha value is -2.40. The Morgan fingerprint density at radius 3 is 2.65 bits per heavy atom. The summed E-state index contributed by atoms with van der Waals surface area (Å²) < 4.78 is 6.45. The molecule has 0 radical (unpaired) electrons. The molecule has 5 heteroatoms. The van der Waals surface area contributed by atoms with E-state index in [1.54, 1.807) is 13.3 Å². The second-order valence-corrected chi connectivity index (χ2v) is 6.32. The fourth-order valence-electron chi connectivity index (χ4n) is 2.85. The number of ether oxygens (including phenoxy) is 1. The first kappa shape index (κ1) is 15.5.